The van der Waals surface area contributed by atoms with Gasteiger partial charge in [0.25, 0.3) is 5.91 Å². The van der Waals surface area contributed by atoms with Crippen molar-refractivity contribution < 1.29 is 9.59 Å². The van der Waals surface area contributed by atoms with Crippen LogP contribution in [0, 0.1) is 5.41 Å². The standard InChI is InChI=1S/C9H17N3O2/c1-6-7(13)11-8(14)12(6)5-9(2,3)4-10/h6H,4-5,10H2,1-3H3,(H,11,13,14). The van der Waals surface area contributed by atoms with Gasteiger partial charge in [-0.1, -0.05) is 13.8 Å². The van der Waals surface area contributed by atoms with E-state index in [2.05, 4.69) is 5.32 Å². The highest BCUT2D eigenvalue weighted by Crippen LogP contribution is 2.19. The number of nitrogens with one attached hydrogen (secondary N) is 1. The average molecular weight is 199 g/mol. The van der Waals surface area contributed by atoms with Gasteiger partial charge in [0, 0.05) is 6.54 Å². The van der Waals surface area contributed by atoms with Crippen molar-refractivity contribution in [2.75, 3.05) is 13.1 Å². The fourth-order valence-corrected chi connectivity index (χ4v) is 1.33. The normalized spacial score (nSPS) is 22.9. The quantitative estimate of drug-likeness (QED) is 0.624. The zero-order valence-corrected chi connectivity index (χ0v) is 8.83. The summed E-state index contributed by atoms with van der Waals surface area (Å²) in [6, 6.07) is -0.697. The number of carbonyl (C=O) groups excluding carboxylic acids is 2. The minimum Gasteiger partial charge on any atom is -0.330 e. The minimum absolute atomic E-state index is 0.157. The van der Waals surface area contributed by atoms with Crippen molar-refractivity contribution in [1.82, 2.24) is 10.2 Å². The third-order valence-electron chi connectivity index (χ3n) is 2.49. The van der Waals surface area contributed by atoms with Gasteiger partial charge in [-0.25, -0.2) is 4.79 Å². The number of nitrogens with two attached hydrogens (primary N) is 1. The van der Waals surface area contributed by atoms with E-state index < -0.39 is 0 Å². The van der Waals surface area contributed by atoms with E-state index in [0.717, 1.165) is 0 Å². The smallest absolute Gasteiger partial charge is 0.324 e. The van der Waals surface area contributed by atoms with E-state index in [4.69, 9.17) is 5.73 Å². The average Bonchev–Trinajstić information content (AvgIpc) is 2.32. The summed E-state index contributed by atoms with van der Waals surface area (Å²) in [7, 11) is 0. The van der Waals surface area contributed by atoms with Crippen molar-refractivity contribution in [3.05, 3.63) is 0 Å². The molecule has 1 rings (SSSR count). The van der Waals surface area contributed by atoms with Gasteiger partial charge < -0.3 is 10.6 Å². The van der Waals surface area contributed by atoms with Crippen LogP contribution in [0.2, 0.25) is 0 Å². The summed E-state index contributed by atoms with van der Waals surface area (Å²) in [6.07, 6.45) is 0. The number of nitrogens with zero attached hydrogens (tertiary/aromatic N) is 1. The van der Waals surface area contributed by atoms with Crippen LogP contribution in [-0.2, 0) is 4.79 Å². The lowest BCUT2D eigenvalue weighted by atomic mass is 9.93. The molecule has 80 valence electrons. The second-order valence-electron chi connectivity index (χ2n) is 4.47. The molecule has 0 aromatic heterocycles. The Labute approximate surface area is 83.6 Å². The third kappa shape index (κ3) is 2.04. The summed E-state index contributed by atoms with van der Waals surface area (Å²) in [6.45, 7) is 6.64. The van der Waals surface area contributed by atoms with Crippen LogP contribution >= 0.6 is 0 Å². The highest BCUT2D eigenvalue weighted by atomic mass is 16.2. The number of imide groups is 1. The van der Waals surface area contributed by atoms with Crippen molar-refractivity contribution in [3.8, 4) is 0 Å². The first-order valence-electron chi connectivity index (χ1n) is 4.69. The van der Waals surface area contributed by atoms with Gasteiger partial charge in [-0.3, -0.25) is 10.1 Å². The summed E-state index contributed by atoms with van der Waals surface area (Å²) in [5.74, 6) is -0.233. The van der Waals surface area contributed by atoms with Crippen molar-refractivity contribution in [2.24, 2.45) is 11.1 Å². The number of rotatable bonds is 3. The van der Waals surface area contributed by atoms with Crippen LogP contribution in [0.5, 0.6) is 0 Å². The lowest BCUT2D eigenvalue weighted by Gasteiger charge is -2.29. The van der Waals surface area contributed by atoms with E-state index in [0.29, 0.717) is 13.1 Å². The largest absolute Gasteiger partial charge is 0.330 e. The Hall–Kier alpha value is -1.10. The predicted molar refractivity (Wildman–Crippen MR) is 52.5 cm³/mol. The zero-order valence-electron chi connectivity index (χ0n) is 8.83. The van der Waals surface area contributed by atoms with E-state index >= 15 is 0 Å². The topological polar surface area (TPSA) is 75.4 Å². The minimum atomic E-state index is -0.381. The Morgan fingerprint density at radius 1 is 1.50 bits per heavy atom. The maximum absolute atomic E-state index is 11.3. The number of carbonyl (C=O) groups is 2. The number of hydrogen-bond acceptors (Lipinski definition) is 3. The molecule has 5 heteroatoms. The van der Waals surface area contributed by atoms with Crippen LogP contribution in [0.1, 0.15) is 20.8 Å². The van der Waals surface area contributed by atoms with Crippen LogP contribution in [0.25, 0.3) is 0 Å². The van der Waals surface area contributed by atoms with Crippen LogP contribution in [0.3, 0.4) is 0 Å². The SMILES string of the molecule is CC1C(=O)NC(=O)N1CC(C)(C)CN. The van der Waals surface area contributed by atoms with Gasteiger partial charge in [0.1, 0.15) is 6.04 Å². The molecular formula is C9H17N3O2. The first-order valence-corrected chi connectivity index (χ1v) is 4.69. The molecule has 0 aromatic rings. The first-order chi connectivity index (χ1) is 6.37. The molecule has 0 radical (unpaired) electrons. The molecule has 14 heavy (non-hydrogen) atoms. The summed E-state index contributed by atoms with van der Waals surface area (Å²) >= 11 is 0. The monoisotopic (exact) mass is 199 g/mol. The first kappa shape index (κ1) is 11.0. The van der Waals surface area contributed by atoms with E-state index in [1.54, 1.807) is 6.92 Å². The molecule has 0 aliphatic carbocycles. The van der Waals surface area contributed by atoms with Crippen LogP contribution < -0.4 is 11.1 Å². The van der Waals surface area contributed by atoms with Crippen LogP contribution in [0.4, 0.5) is 4.79 Å². The molecule has 1 atom stereocenters. The molecule has 0 saturated carbocycles. The van der Waals surface area contributed by atoms with Gasteiger partial charge in [0.15, 0.2) is 0 Å². The number of hydrogen-bond donors (Lipinski definition) is 2. The van der Waals surface area contributed by atoms with Crippen molar-refractivity contribution in [2.45, 2.75) is 26.8 Å². The summed E-state index contributed by atoms with van der Waals surface area (Å²) in [4.78, 5) is 24.0. The second-order valence-corrected chi connectivity index (χ2v) is 4.47. The third-order valence-corrected chi connectivity index (χ3v) is 2.49. The molecular weight excluding hydrogens is 182 g/mol. The maximum atomic E-state index is 11.3. The van der Waals surface area contributed by atoms with Gasteiger partial charge in [0.05, 0.1) is 0 Å². The summed E-state index contributed by atoms with van der Waals surface area (Å²) < 4.78 is 0. The highest BCUT2D eigenvalue weighted by molar-refractivity contribution is 6.03. The lowest BCUT2D eigenvalue weighted by molar-refractivity contribution is -0.121. The van der Waals surface area contributed by atoms with Gasteiger partial charge in [-0.05, 0) is 18.9 Å². The molecule has 1 saturated heterocycles. The van der Waals surface area contributed by atoms with Crippen molar-refractivity contribution in [1.29, 1.82) is 0 Å². The Bertz CT molecular complexity index is 263. The predicted octanol–water partition coefficient (Wildman–Crippen LogP) is -0.0884. The van der Waals surface area contributed by atoms with Gasteiger partial charge in [-0.2, -0.15) is 0 Å². The molecule has 1 unspecified atom stereocenters. The summed E-state index contributed by atoms with van der Waals surface area (Å²) in [5.41, 5.74) is 5.41. The molecule has 0 aromatic carbocycles. The van der Waals surface area contributed by atoms with E-state index in [9.17, 15) is 9.59 Å². The Morgan fingerprint density at radius 3 is 2.43 bits per heavy atom. The number of urea groups is 1. The van der Waals surface area contributed by atoms with E-state index in [1.807, 2.05) is 13.8 Å². The van der Waals surface area contributed by atoms with Crippen molar-refractivity contribution in [3.63, 3.8) is 0 Å². The lowest BCUT2D eigenvalue weighted by Crippen LogP contribution is -2.43. The molecule has 1 fully saturated rings. The van der Waals surface area contributed by atoms with Gasteiger partial charge in [-0.15, -0.1) is 0 Å². The molecule has 5 nitrogen and oxygen atoms in total. The highest BCUT2D eigenvalue weighted by Gasteiger charge is 2.37. The molecule has 0 spiro atoms. The number of amides is 3. The van der Waals surface area contributed by atoms with E-state index in [1.165, 1.54) is 4.90 Å². The molecule has 3 N–H and O–H groups in total. The Balaban J connectivity index is 2.69. The van der Waals surface area contributed by atoms with Gasteiger partial charge >= 0.3 is 6.03 Å². The molecule has 0 bridgehead atoms. The second kappa shape index (κ2) is 3.57. The van der Waals surface area contributed by atoms with Crippen LogP contribution in [0.15, 0.2) is 0 Å². The summed E-state index contributed by atoms with van der Waals surface area (Å²) in [5, 5.41) is 2.27. The van der Waals surface area contributed by atoms with Crippen molar-refractivity contribution >= 4 is 11.9 Å². The Morgan fingerprint density at radius 2 is 2.07 bits per heavy atom. The fourth-order valence-electron chi connectivity index (χ4n) is 1.33. The maximum Gasteiger partial charge on any atom is 0.324 e. The molecule has 1 aliphatic heterocycles. The van der Waals surface area contributed by atoms with Crippen LogP contribution in [-0.4, -0.2) is 36.0 Å². The van der Waals surface area contributed by atoms with Gasteiger partial charge in [0.2, 0.25) is 0 Å². The fraction of sp³-hybridized carbons (Fsp3) is 0.778. The van der Waals surface area contributed by atoms with E-state index in [-0.39, 0.29) is 23.4 Å². The molecule has 3 amide bonds. The zero-order chi connectivity index (χ0) is 10.9. The molecule has 1 heterocycles. The Kier molecular flexibility index (Phi) is 2.80. The molecule has 1 aliphatic rings.